The van der Waals surface area contributed by atoms with E-state index >= 15 is 0 Å². The van der Waals surface area contributed by atoms with Gasteiger partial charge in [-0.25, -0.2) is 4.98 Å². The van der Waals surface area contributed by atoms with Crippen molar-refractivity contribution in [3.05, 3.63) is 65.2 Å². The van der Waals surface area contributed by atoms with Crippen molar-refractivity contribution in [1.29, 1.82) is 0 Å². The smallest absolute Gasteiger partial charge is 0.416 e. The summed E-state index contributed by atoms with van der Waals surface area (Å²) >= 11 is 1.05. The van der Waals surface area contributed by atoms with Gasteiger partial charge in [0.1, 0.15) is 16.5 Å². The Labute approximate surface area is 180 Å². The van der Waals surface area contributed by atoms with Gasteiger partial charge in [0, 0.05) is 29.7 Å². The molecule has 10 heteroatoms. The molecule has 2 amide bonds. The molecule has 0 aliphatic rings. The quantitative estimate of drug-likeness (QED) is 0.600. The first kappa shape index (κ1) is 22.3. The number of methoxy groups -OCH3 is 1. The third-order valence-corrected chi connectivity index (χ3v) is 5.13. The third-order valence-electron chi connectivity index (χ3n) is 4.24. The normalized spacial score (nSPS) is 11.1. The van der Waals surface area contributed by atoms with E-state index in [1.54, 1.807) is 24.3 Å². The number of thiazole rings is 1. The molecule has 2 aromatic carbocycles. The molecular formula is C21H18F3N3O3S. The fourth-order valence-corrected chi connectivity index (χ4v) is 3.51. The average Bonchev–Trinajstić information content (AvgIpc) is 3.23. The van der Waals surface area contributed by atoms with Crippen LogP contribution in [0.1, 0.15) is 16.1 Å². The van der Waals surface area contributed by atoms with Crippen molar-refractivity contribution < 1.29 is 27.5 Å². The summed E-state index contributed by atoms with van der Waals surface area (Å²) < 4.78 is 43.9. The molecule has 0 saturated heterocycles. The van der Waals surface area contributed by atoms with Gasteiger partial charge in [-0.3, -0.25) is 9.59 Å². The van der Waals surface area contributed by atoms with E-state index in [-0.39, 0.29) is 22.8 Å². The van der Waals surface area contributed by atoms with Crippen LogP contribution in [0.5, 0.6) is 5.75 Å². The van der Waals surface area contributed by atoms with Crippen LogP contribution in [0.2, 0.25) is 0 Å². The van der Waals surface area contributed by atoms with Crippen LogP contribution in [0.25, 0.3) is 10.6 Å². The number of benzene rings is 2. The predicted molar refractivity (Wildman–Crippen MR) is 111 cm³/mol. The van der Waals surface area contributed by atoms with E-state index in [2.05, 4.69) is 10.3 Å². The summed E-state index contributed by atoms with van der Waals surface area (Å²) in [5.74, 6) is -0.362. The highest BCUT2D eigenvalue weighted by molar-refractivity contribution is 7.13. The molecule has 1 heterocycles. The third kappa shape index (κ3) is 5.60. The zero-order valence-electron chi connectivity index (χ0n) is 16.6. The maximum Gasteiger partial charge on any atom is 0.416 e. The standard InChI is InChI=1S/C21H18F3N3O3S/c1-27(11-18(28)25-15-7-4-8-16(10-15)30-2)20(29)17-12-31-19(26-17)13-5-3-6-14(9-13)21(22,23)24/h3-10,12H,11H2,1-2H3,(H,25,28). The lowest BCUT2D eigenvalue weighted by Crippen LogP contribution is -2.35. The number of nitrogens with one attached hydrogen (secondary N) is 1. The second kappa shape index (κ2) is 9.17. The highest BCUT2D eigenvalue weighted by atomic mass is 32.1. The number of carbonyl (C=O) groups is 2. The average molecular weight is 449 g/mol. The van der Waals surface area contributed by atoms with Crippen molar-refractivity contribution >= 4 is 28.8 Å². The second-order valence-corrected chi connectivity index (χ2v) is 7.42. The number of aromatic nitrogens is 1. The second-order valence-electron chi connectivity index (χ2n) is 6.56. The van der Waals surface area contributed by atoms with Crippen molar-refractivity contribution in [2.75, 3.05) is 26.0 Å². The maximum absolute atomic E-state index is 12.9. The molecule has 0 aliphatic heterocycles. The Morgan fingerprint density at radius 1 is 1.16 bits per heavy atom. The molecule has 0 spiro atoms. The number of anilines is 1. The summed E-state index contributed by atoms with van der Waals surface area (Å²) in [6.07, 6.45) is -4.47. The first-order chi connectivity index (χ1) is 14.7. The predicted octanol–water partition coefficient (Wildman–Crippen LogP) is 4.55. The van der Waals surface area contributed by atoms with Gasteiger partial charge in [0.25, 0.3) is 5.91 Å². The van der Waals surface area contributed by atoms with E-state index < -0.39 is 23.6 Å². The van der Waals surface area contributed by atoms with Gasteiger partial charge in [-0.15, -0.1) is 11.3 Å². The van der Waals surface area contributed by atoms with E-state index in [0.717, 1.165) is 23.5 Å². The minimum Gasteiger partial charge on any atom is -0.497 e. The zero-order valence-corrected chi connectivity index (χ0v) is 17.4. The molecule has 0 aliphatic carbocycles. The number of ether oxygens (including phenoxy) is 1. The number of rotatable bonds is 6. The summed E-state index contributed by atoms with van der Waals surface area (Å²) in [6, 6.07) is 11.5. The molecule has 0 bridgehead atoms. The topological polar surface area (TPSA) is 71.5 Å². The number of hydrogen-bond acceptors (Lipinski definition) is 5. The van der Waals surface area contributed by atoms with Crippen LogP contribution in [-0.2, 0) is 11.0 Å². The lowest BCUT2D eigenvalue weighted by atomic mass is 10.1. The van der Waals surface area contributed by atoms with Gasteiger partial charge in [0.05, 0.1) is 19.2 Å². The van der Waals surface area contributed by atoms with Gasteiger partial charge in [-0.2, -0.15) is 13.2 Å². The Morgan fingerprint density at radius 2 is 1.90 bits per heavy atom. The molecule has 31 heavy (non-hydrogen) atoms. The summed E-state index contributed by atoms with van der Waals surface area (Å²) in [5, 5.41) is 4.40. The summed E-state index contributed by atoms with van der Waals surface area (Å²) in [7, 11) is 2.95. The van der Waals surface area contributed by atoms with Gasteiger partial charge in [-0.1, -0.05) is 18.2 Å². The van der Waals surface area contributed by atoms with Crippen molar-refractivity contribution in [3.63, 3.8) is 0 Å². The molecule has 0 atom stereocenters. The summed E-state index contributed by atoms with van der Waals surface area (Å²) in [5.41, 5.74) is 0.0384. The number of amides is 2. The molecule has 6 nitrogen and oxygen atoms in total. The van der Waals surface area contributed by atoms with Gasteiger partial charge in [0.15, 0.2) is 0 Å². The number of alkyl halides is 3. The van der Waals surface area contributed by atoms with Crippen molar-refractivity contribution in [2.24, 2.45) is 0 Å². The van der Waals surface area contributed by atoms with E-state index in [4.69, 9.17) is 4.74 Å². The Kier molecular flexibility index (Phi) is 6.59. The monoisotopic (exact) mass is 449 g/mol. The van der Waals surface area contributed by atoms with E-state index in [9.17, 15) is 22.8 Å². The largest absolute Gasteiger partial charge is 0.497 e. The SMILES string of the molecule is COc1cccc(NC(=O)CN(C)C(=O)c2csc(-c3cccc(C(F)(F)F)c3)n2)c1. The lowest BCUT2D eigenvalue weighted by Gasteiger charge is -2.15. The Morgan fingerprint density at radius 3 is 2.61 bits per heavy atom. The van der Waals surface area contributed by atoms with Gasteiger partial charge in [0.2, 0.25) is 5.91 Å². The van der Waals surface area contributed by atoms with Crippen LogP contribution in [0.3, 0.4) is 0 Å². The Hall–Kier alpha value is -3.40. The number of likely N-dealkylation sites (N-methyl/N-ethyl adjacent to an activating group) is 1. The van der Waals surface area contributed by atoms with E-state index in [0.29, 0.717) is 11.4 Å². The molecule has 0 saturated carbocycles. The molecule has 3 aromatic rings. The molecular weight excluding hydrogens is 431 g/mol. The van der Waals surface area contributed by atoms with Gasteiger partial charge < -0.3 is 15.0 Å². The number of halogens is 3. The molecule has 3 rings (SSSR count). The zero-order chi connectivity index (χ0) is 22.6. The van der Waals surface area contributed by atoms with Crippen LogP contribution in [-0.4, -0.2) is 42.4 Å². The van der Waals surface area contributed by atoms with Crippen LogP contribution >= 0.6 is 11.3 Å². The highest BCUT2D eigenvalue weighted by Gasteiger charge is 2.30. The molecule has 0 radical (unpaired) electrons. The van der Waals surface area contributed by atoms with Crippen LogP contribution in [0.15, 0.2) is 53.9 Å². The fraction of sp³-hybridized carbons (Fsp3) is 0.190. The highest BCUT2D eigenvalue weighted by Crippen LogP contribution is 2.33. The van der Waals surface area contributed by atoms with Crippen LogP contribution in [0, 0.1) is 0 Å². The van der Waals surface area contributed by atoms with Crippen molar-refractivity contribution in [2.45, 2.75) is 6.18 Å². The van der Waals surface area contributed by atoms with E-state index in [1.165, 1.54) is 36.6 Å². The van der Waals surface area contributed by atoms with Gasteiger partial charge in [-0.05, 0) is 24.3 Å². The van der Waals surface area contributed by atoms with Crippen molar-refractivity contribution in [1.82, 2.24) is 9.88 Å². The molecule has 0 unspecified atom stereocenters. The van der Waals surface area contributed by atoms with Crippen molar-refractivity contribution in [3.8, 4) is 16.3 Å². The van der Waals surface area contributed by atoms with Crippen LogP contribution in [0.4, 0.5) is 18.9 Å². The summed E-state index contributed by atoms with van der Waals surface area (Å²) in [6.45, 7) is -0.230. The van der Waals surface area contributed by atoms with E-state index in [1.807, 2.05) is 0 Å². The molecule has 1 N–H and O–H groups in total. The lowest BCUT2D eigenvalue weighted by molar-refractivity contribution is -0.137. The maximum atomic E-state index is 12.9. The first-order valence-electron chi connectivity index (χ1n) is 9.00. The van der Waals surface area contributed by atoms with Crippen LogP contribution < -0.4 is 10.1 Å². The first-order valence-corrected chi connectivity index (χ1v) is 9.88. The number of hydrogen-bond donors (Lipinski definition) is 1. The van der Waals surface area contributed by atoms with Gasteiger partial charge >= 0.3 is 6.18 Å². The Balaban J connectivity index is 1.66. The molecule has 162 valence electrons. The number of carbonyl (C=O) groups excluding carboxylic acids is 2. The molecule has 1 aromatic heterocycles. The molecule has 0 fully saturated rings. The minimum absolute atomic E-state index is 0.0501. The fourth-order valence-electron chi connectivity index (χ4n) is 2.72. The summed E-state index contributed by atoms with van der Waals surface area (Å²) in [4.78, 5) is 30.2. The Bertz CT molecular complexity index is 1100. The minimum atomic E-state index is -4.47. The number of nitrogens with zero attached hydrogens (tertiary/aromatic N) is 2.